The molecule has 1 aromatic rings. The van der Waals surface area contributed by atoms with Crippen LogP contribution >= 0.6 is 47.8 Å². The van der Waals surface area contributed by atoms with Gasteiger partial charge in [-0.25, -0.2) is 9.48 Å². The highest BCUT2D eigenvalue weighted by Gasteiger charge is 2.26. The van der Waals surface area contributed by atoms with Gasteiger partial charge in [-0.1, -0.05) is 32.6 Å². The van der Waals surface area contributed by atoms with Crippen LogP contribution in [0.1, 0.15) is 52.0 Å². The molecular weight excluding hydrogens is 456 g/mol. The van der Waals surface area contributed by atoms with E-state index in [1.54, 1.807) is 4.68 Å². The highest BCUT2D eigenvalue weighted by Crippen LogP contribution is 2.34. The Morgan fingerprint density at radius 1 is 1.25 bits per heavy atom. The van der Waals surface area contributed by atoms with Crippen molar-refractivity contribution in [1.82, 2.24) is 9.78 Å². The third kappa shape index (κ3) is 4.84. The van der Waals surface area contributed by atoms with E-state index in [-0.39, 0.29) is 12.0 Å². The maximum Gasteiger partial charge on any atom is 0.330 e. The molecule has 114 valence electrons. The Labute approximate surface area is 145 Å². The van der Waals surface area contributed by atoms with Crippen LogP contribution in [-0.2, 0) is 9.53 Å². The van der Waals surface area contributed by atoms with E-state index in [2.05, 4.69) is 59.8 Å². The molecule has 0 N–H and O–H groups in total. The lowest BCUT2D eigenvalue weighted by Gasteiger charge is -2.17. The average Bonchev–Trinajstić information content (AvgIpc) is 2.67. The molecule has 0 radical (unpaired) electrons. The van der Waals surface area contributed by atoms with E-state index in [4.69, 9.17) is 4.74 Å². The van der Waals surface area contributed by atoms with Gasteiger partial charge in [-0.05, 0) is 61.1 Å². The number of hydrogen-bond acceptors (Lipinski definition) is 3. The van der Waals surface area contributed by atoms with Crippen molar-refractivity contribution in [3.8, 4) is 0 Å². The summed E-state index contributed by atoms with van der Waals surface area (Å²) >= 11 is 10.2. The SMILES string of the molecule is CCCCCCC(C(=O)OCC)n1nc(Br)c(Br)c1Br. The fourth-order valence-electron chi connectivity index (χ4n) is 1.92. The summed E-state index contributed by atoms with van der Waals surface area (Å²) in [4.78, 5) is 12.1. The van der Waals surface area contributed by atoms with Crippen molar-refractivity contribution in [1.29, 1.82) is 0 Å². The monoisotopic (exact) mass is 472 g/mol. The summed E-state index contributed by atoms with van der Waals surface area (Å²) in [7, 11) is 0. The summed E-state index contributed by atoms with van der Waals surface area (Å²) in [5, 5.41) is 4.35. The standard InChI is InChI=1S/C13H19Br3N2O2/c1-3-5-6-7-8-9(13(19)20-4-2)18-12(16)10(14)11(15)17-18/h9H,3-8H2,1-2H3. The molecule has 0 fully saturated rings. The minimum absolute atomic E-state index is 0.229. The van der Waals surface area contributed by atoms with Gasteiger partial charge in [-0.2, -0.15) is 5.10 Å². The Kier molecular flexibility index (Phi) is 8.36. The molecule has 1 unspecified atom stereocenters. The molecule has 0 aliphatic carbocycles. The molecule has 7 heteroatoms. The Bertz CT molecular complexity index is 449. The lowest BCUT2D eigenvalue weighted by Crippen LogP contribution is -2.23. The van der Waals surface area contributed by atoms with Gasteiger partial charge in [0.05, 0.1) is 11.1 Å². The Morgan fingerprint density at radius 3 is 2.45 bits per heavy atom. The molecule has 0 amide bonds. The number of nitrogens with zero attached hydrogens (tertiary/aromatic N) is 2. The van der Waals surface area contributed by atoms with E-state index in [1.165, 1.54) is 12.8 Å². The average molecular weight is 475 g/mol. The van der Waals surface area contributed by atoms with E-state index in [0.717, 1.165) is 28.3 Å². The lowest BCUT2D eigenvalue weighted by molar-refractivity contribution is -0.147. The molecule has 0 saturated carbocycles. The Morgan fingerprint density at radius 2 is 1.95 bits per heavy atom. The second-order valence-electron chi connectivity index (χ2n) is 4.46. The van der Waals surface area contributed by atoms with Gasteiger partial charge in [0.15, 0.2) is 6.04 Å². The largest absolute Gasteiger partial charge is 0.464 e. The van der Waals surface area contributed by atoms with Crippen molar-refractivity contribution in [2.24, 2.45) is 0 Å². The van der Waals surface area contributed by atoms with Crippen molar-refractivity contribution in [2.45, 2.75) is 52.0 Å². The van der Waals surface area contributed by atoms with Crippen molar-refractivity contribution < 1.29 is 9.53 Å². The highest BCUT2D eigenvalue weighted by molar-refractivity contribution is 9.14. The van der Waals surface area contributed by atoms with Crippen LogP contribution in [0.25, 0.3) is 0 Å². The number of halogens is 3. The zero-order chi connectivity index (χ0) is 15.1. The summed E-state index contributed by atoms with van der Waals surface area (Å²) < 4.78 is 9.07. The predicted molar refractivity (Wildman–Crippen MR) is 89.8 cm³/mol. The van der Waals surface area contributed by atoms with Crippen molar-refractivity contribution in [2.75, 3.05) is 6.61 Å². The van der Waals surface area contributed by atoms with Crippen LogP contribution in [0, 0.1) is 0 Å². The maximum absolute atomic E-state index is 12.1. The number of rotatable bonds is 8. The van der Waals surface area contributed by atoms with Crippen molar-refractivity contribution in [3.05, 3.63) is 13.7 Å². The van der Waals surface area contributed by atoms with Crippen LogP contribution in [0.2, 0.25) is 0 Å². The topological polar surface area (TPSA) is 44.1 Å². The fourth-order valence-corrected chi connectivity index (χ4v) is 3.32. The van der Waals surface area contributed by atoms with E-state index in [0.29, 0.717) is 11.2 Å². The van der Waals surface area contributed by atoms with Crippen LogP contribution < -0.4 is 0 Å². The molecular formula is C13H19Br3N2O2. The first-order valence-corrected chi connectivity index (χ1v) is 9.16. The molecule has 1 aromatic heterocycles. The molecule has 0 spiro atoms. The second kappa shape index (κ2) is 9.20. The van der Waals surface area contributed by atoms with Gasteiger partial charge in [0.2, 0.25) is 0 Å². The molecule has 0 aromatic carbocycles. The predicted octanol–water partition coefficient (Wildman–Crippen LogP) is 5.25. The summed E-state index contributed by atoms with van der Waals surface area (Å²) in [5.41, 5.74) is 0. The van der Waals surface area contributed by atoms with Gasteiger partial charge in [0.25, 0.3) is 0 Å². The molecule has 20 heavy (non-hydrogen) atoms. The number of carbonyl (C=O) groups excluding carboxylic acids is 1. The second-order valence-corrected chi connectivity index (χ2v) is 6.75. The van der Waals surface area contributed by atoms with Gasteiger partial charge in [0, 0.05) is 0 Å². The van der Waals surface area contributed by atoms with Gasteiger partial charge in [0.1, 0.15) is 9.21 Å². The summed E-state index contributed by atoms with van der Waals surface area (Å²) in [5.74, 6) is -0.229. The minimum Gasteiger partial charge on any atom is -0.464 e. The smallest absolute Gasteiger partial charge is 0.330 e. The van der Waals surface area contributed by atoms with Crippen LogP contribution in [0.15, 0.2) is 13.7 Å². The van der Waals surface area contributed by atoms with Gasteiger partial charge in [-0.3, -0.25) is 0 Å². The molecule has 1 atom stereocenters. The number of carbonyl (C=O) groups is 1. The van der Waals surface area contributed by atoms with Gasteiger partial charge in [-0.15, -0.1) is 0 Å². The van der Waals surface area contributed by atoms with Crippen LogP contribution in [0.3, 0.4) is 0 Å². The zero-order valence-corrected chi connectivity index (χ0v) is 16.4. The molecule has 4 nitrogen and oxygen atoms in total. The Balaban J connectivity index is 2.86. The van der Waals surface area contributed by atoms with Gasteiger partial charge < -0.3 is 4.74 Å². The first kappa shape index (κ1) is 18.2. The lowest BCUT2D eigenvalue weighted by atomic mass is 10.1. The first-order chi connectivity index (χ1) is 9.52. The molecule has 0 bridgehead atoms. The zero-order valence-electron chi connectivity index (χ0n) is 11.7. The number of unbranched alkanes of at least 4 members (excludes halogenated alkanes) is 3. The van der Waals surface area contributed by atoms with Crippen LogP contribution in [0.4, 0.5) is 0 Å². The quantitative estimate of drug-likeness (QED) is 0.382. The number of aromatic nitrogens is 2. The summed E-state index contributed by atoms with van der Waals surface area (Å²) in [6, 6.07) is -0.385. The summed E-state index contributed by atoms with van der Waals surface area (Å²) in [6.45, 7) is 4.36. The van der Waals surface area contributed by atoms with Crippen molar-refractivity contribution in [3.63, 3.8) is 0 Å². The van der Waals surface area contributed by atoms with E-state index >= 15 is 0 Å². The fraction of sp³-hybridized carbons (Fsp3) is 0.692. The van der Waals surface area contributed by atoms with Crippen LogP contribution in [0.5, 0.6) is 0 Å². The molecule has 0 aliphatic heterocycles. The summed E-state index contributed by atoms with van der Waals surface area (Å²) in [6.07, 6.45) is 5.19. The first-order valence-electron chi connectivity index (χ1n) is 6.78. The van der Waals surface area contributed by atoms with E-state index < -0.39 is 0 Å². The third-order valence-corrected chi connectivity index (χ3v) is 6.07. The Hall–Kier alpha value is 0.120. The minimum atomic E-state index is -0.385. The molecule has 0 aliphatic rings. The molecule has 1 rings (SSSR count). The number of esters is 1. The van der Waals surface area contributed by atoms with E-state index in [1.807, 2.05) is 6.92 Å². The number of hydrogen-bond donors (Lipinski definition) is 0. The van der Waals surface area contributed by atoms with Gasteiger partial charge >= 0.3 is 5.97 Å². The van der Waals surface area contributed by atoms with E-state index in [9.17, 15) is 4.79 Å². The third-order valence-electron chi connectivity index (χ3n) is 2.94. The number of ether oxygens (including phenoxy) is 1. The molecule has 0 saturated heterocycles. The van der Waals surface area contributed by atoms with Crippen molar-refractivity contribution >= 4 is 53.8 Å². The normalized spacial score (nSPS) is 12.4. The van der Waals surface area contributed by atoms with Crippen LogP contribution in [-0.4, -0.2) is 22.4 Å². The molecule has 1 heterocycles. The highest BCUT2D eigenvalue weighted by atomic mass is 79.9. The maximum atomic E-state index is 12.1.